The number of hydrogen-bond donors (Lipinski definition) is 1. The van der Waals surface area contributed by atoms with E-state index >= 15 is 0 Å². The predicted octanol–water partition coefficient (Wildman–Crippen LogP) is 2.27. The van der Waals surface area contributed by atoms with Gasteiger partial charge in [0.1, 0.15) is 18.1 Å². The van der Waals surface area contributed by atoms with Crippen LogP contribution in [0.1, 0.15) is 36.4 Å². The zero-order chi connectivity index (χ0) is 15.4. The molecule has 2 amide bonds. The quantitative estimate of drug-likeness (QED) is 0.906. The summed E-state index contributed by atoms with van der Waals surface area (Å²) in [5.41, 5.74) is 0.509. The molecule has 1 aliphatic rings. The van der Waals surface area contributed by atoms with Crippen molar-refractivity contribution < 1.29 is 14.0 Å². The Hall–Kier alpha value is -1.43. The van der Waals surface area contributed by atoms with E-state index in [9.17, 15) is 9.59 Å². The van der Waals surface area contributed by atoms with E-state index < -0.39 is 0 Å². The van der Waals surface area contributed by atoms with Crippen LogP contribution in [0.2, 0.25) is 0 Å². The highest BCUT2D eigenvalue weighted by Gasteiger charge is 2.35. The number of rotatable bonds is 5. The van der Waals surface area contributed by atoms with Crippen molar-refractivity contribution in [2.75, 3.05) is 18.2 Å². The van der Waals surface area contributed by atoms with Crippen LogP contribution in [0.3, 0.4) is 0 Å². The SMILES string of the molecule is Cc1cc(C(=O)N2CSCC2C(=O)NCCC(C)C)co1. The van der Waals surface area contributed by atoms with Gasteiger partial charge in [0, 0.05) is 12.3 Å². The summed E-state index contributed by atoms with van der Waals surface area (Å²) in [6.07, 6.45) is 2.40. The monoisotopic (exact) mass is 310 g/mol. The van der Waals surface area contributed by atoms with E-state index in [1.54, 1.807) is 29.7 Å². The Morgan fingerprint density at radius 3 is 2.90 bits per heavy atom. The van der Waals surface area contributed by atoms with Gasteiger partial charge in [-0.05, 0) is 25.3 Å². The van der Waals surface area contributed by atoms with Gasteiger partial charge in [-0.1, -0.05) is 13.8 Å². The van der Waals surface area contributed by atoms with Crippen molar-refractivity contribution in [3.05, 3.63) is 23.7 Å². The van der Waals surface area contributed by atoms with Gasteiger partial charge in [0.2, 0.25) is 5.91 Å². The summed E-state index contributed by atoms with van der Waals surface area (Å²) in [6.45, 7) is 6.69. The molecule has 116 valence electrons. The van der Waals surface area contributed by atoms with E-state index in [0.29, 0.717) is 35.4 Å². The molecule has 1 aromatic rings. The molecule has 0 aromatic carbocycles. The Morgan fingerprint density at radius 2 is 2.29 bits per heavy atom. The van der Waals surface area contributed by atoms with E-state index in [4.69, 9.17) is 4.42 Å². The van der Waals surface area contributed by atoms with Crippen LogP contribution in [0, 0.1) is 12.8 Å². The Labute approximate surface area is 129 Å². The van der Waals surface area contributed by atoms with Gasteiger partial charge in [0.15, 0.2) is 0 Å². The van der Waals surface area contributed by atoms with Crippen molar-refractivity contribution in [1.29, 1.82) is 0 Å². The molecule has 2 rings (SSSR count). The molecule has 0 saturated carbocycles. The number of carbonyl (C=O) groups excluding carboxylic acids is 2. The van der Waals surface area contributed by atoms with Crippen LogP contribution in [-0.2, 0) is 4.79 Å². The fraction of sp³-hybridized carbons (Fsp3) is 0.600. The minimum Gasteiger partial charge on any atom is -0.469 e. The number of carbonyl (C=O) groups is 2. The van der Waals surface area contributed by atoms with E-state index in [-0.39, 0.29) is 17.9 Å². The average molecular weight is 310 g/mol. The van der Waals surface area contributed by atoms with E-state index in [0.717, 1.165) is 6.42 Å². The molecule has 1 N–H and O–H groups in total. The molecule has 1 fully saturated rings. The molecule has 0 spiro atoms. The smallest absolute Gasteiger partial charge is 0.258 e. The Morgan fingerprint density at radius 1 is 1.52 bits per heavy atom. The maximum absolute atomic E-state index is 12.4. The second-order valence-electron chi connectivity index (χ2n) is 5.71. The lowest BCUT2D eigenvalue weighted by atomic mass is 10.1. The zero-order valence-electron chi connectivity index (χ0n) is 12.7. The molecule has 1 unspecified atom stereocenters. The van der Waals surface area contributed by atoms with Crippen LogP contribution in [0.25, 0.3) is 0 Å². The number of nitrogens with zero attached hydrogens (tertiary/aromatic N) is 1. The molecule has 2 heterocycles. The van der Waals surface area contributed by atoms with Crippen LogP contribution < -0.4 is 5.32 Å². The lowest BCUT2D eigenvalue weighted by Crippen LogP contribution is -2.47. The zero-order valence-corrected chi connectivity index (χ0v) is 13.5. The summed E-state index contributed by atoms with van der Waals surface area (Å²) < 4.78 is 5.18. The van der Waals surface area contributed by atoms with Crippen LogP contribution in [0.15, 0.2) is 16.7 Å². The molecule has 1 aliphatic heterocycles. The van der Waals surface area contributed by atoms with Gasteiger partial charge in [-0.3, -0.25) is 9.59 Å². The van der Waals surface area contributed by atoms with Crippen LogP contribution >= 0.6 is 11.8 Å². The van der Waals surface area contributed by atoms with Gasteiger partial charge >= 0.3 is 0 Å². The fourth-order valence-electron chi connectivity index (χ4n) is 2.18. The first-order valence-electron chi connectivity index (χ1n) is 7.20. The van der Waals surface area contributed by atoms with Gasteiger partial charge in [0.25, 0.3) is 5.91 Å². The van der Waals surface area contributed by atoms with Gasteiger partial charge in [0.05, 0.1) is 11.4 Å². The number of furan rings is 1. The summed E-state index contributed by atoms with van der Waals surface area (Å²) in [5, 5.41) is 2.93. The number of hydrogen-bond acceptors (Lipinski definition) is 4. The molecule has 0 bridgehead atoms. The lowest BCUT2D eigenvalue weighted by Gasteiger charge is -2.22. The summed E-state index contributed by atoms with van der Waals surface area (Å²) in [7, 11) is 0. The Kier molecular flexibility index (Phi) is 5.33. The first kappa shape index (κ1) is 15.9. The first-order chi connectivity index (χ1) is 9.99. The van der Waals surface area contributed by atoms with Crippen LogP contribution in [0.5, 0.6) is 0 Å². The Balaban J connectivity index is 1.96. The highest BCUT2D eigenvalue weighted by molar-refractivity contribution is 7.99. The topological polar surface area (TPSA) is 62.6 Å². The normalized spacial score (nSPS) is 18.3. The number of amides is 2. The van der Waals surface area contributed by atoms with Crippen molar-refractivity contribution in [3.8, 4) is 0 Å². The fourth-order valence-corrected chi connectivity index (χ4v) is 3.34. The van der Waals surface area contributed by atoms with Gasteiger partial charge in [-0.15, -0.1) is 11.8 Å². The third kappa shape index (κ3) is 4.03. The third-order valence-corrected chi connectivity index (χ3v) is 4.46. The minimum absolute atomic E-state index is 0.0609. The second kappa shape index (κ2) is 7.02. The van der Waals surface area contributed by atoms with Crippen molar-refractivity contribution in [2.45, 2.75) is 33.2 Å². The number of nitrogens with one attached hydrogen (secondary N) is 1. The molecule has 1 saturated heterocycles. The third-order valence-electron chi connectivity index (χ3n) is 3.44. The summed E-state index contributed by atoms with van der Waals surface area (Å²) >= 11 is 1.60. The number of aryl methyl sites for hydroxylation is 1. The number of thioether (sulfide) groups is 1. The molecule has 21 heavy (non-hydrogen) atoms. The van der Waals surface area contributed by atoms with Crippen molar-refractivity contribution in [2.24, 2.45) is 5.92 Å². The molecule has 1 aromatic heterocycles. The second-order valence-corrected chi connectivity index (χ2v) is 6.71. The highest BCUT2D eigenvalue weighted by atomic mass is 32.2. The van der Waals surface area contributed by atoms with E-state index in [2.05, 4.69) is 19.2 Å². The van der Waals surface area contributed by atoms with Crippen molar-refractivity contribution in [3.63, 3.8) is 0 Å². The Bertz CT molecular complexity index is 513. The molecule has 0 radical (unpaired) electrons. The molecule has 6 heteroatoms. The summed E-state index contributed by atoms with van der Waals surface area (Å²) in [5.74, 6) is 2.25. The van der Waals surface area contributed by atoms with Gasteiger partial charge < -0.3 is 14.6 Å². The van der Waals surface area contributed by atoms with Gasteiger partial charge in [-0.2, -0.15) is 0 Å². The lowest BCUT2D eigenvalue weighted by molar-refractivity contribution is -0.124. The summed E-state index contributed by atoms with van der Waals surface area (Å²) in [6, 6.07) is 1.32. The van der Waals surface area contributed by atoms with Crippen LogP contribution in [-0.4, -0.2) is 40.9 Å². The molecular formula is C15H22N2O3S. The maximum Gasteiger partial charge on any atom is 0.258 e. The van der Waals surface area contributed by atoms with Crippen LogP contribution in [0.4, 0.5) is 0 Å². The van der Waals surface area contributed by atoms with Gasteiger partial charge in [-0.25, -0.2) is 0 Å². The summed E-state index contributed by atoms with van der Waals surface area (Å²) in [4.78, 5) is 26.3. The first-order valence-corrected chi connectivity index (χ1v) is 8.36. The maximum atomic E-state index is 12.4. The van der Waals surface area contributed by atoms with E-state index in [1.165, 1.54) is 6.26 Å². The minimum atomic E-state index is -0.384. The predicted molar refractivity (Wildman–Crippen MR) is 83.2 cm³/mol. The molecular weight excluding hydrogens is 288 g/mol. The van der Waals surface area contributed by atoms with E-state index in [1.807, 2.05) is 0 Å². The highest BCUT2D eigenvalue weighted by Crippen LogP contribution is 2.24. The molecule has 0 aliphatic carbocycles. The molecule has 1 atom stereocenters. The largest absolute Gasteiger partial charge is 0.469 e. The van der Waals surface area contributed by atoms with Crippen molar-refractivity contribution in [1.82, 2.24) is 10.2 Å². The average Bonchev–Trinajstić information content (AvgIpc) is 3.05. The standard InChI is InChI=1S/C15H22N2O3S/c1-10(2)4-5-16-14(18)13-8-21-9-17(13)15(19)12-6-11(3)20-7-12/h6-7,10,13H,4-5,8-9H2,1-3H3,(H,16,18). The molecule has 5 nitrogen and oxygen atoms in total. The van der Waals surface area contributed by atoms with Crippen molar-refractivity contribution >= 4 is 23.6 Å².